The molecular formula is C20H16ClFN6O2. The Balaban J connectivity index is 1.63. The highest BCUT2D eigenvalue weighted by Crippen LogP contribution is 2.22. The van der Waals surface area contributed by atoms with Crippen molar-refractivity contribution in [2.75, 3.05) is 21.3 Å². The molecule has 0 spiro atoms. The molecule has 8 nitrogen and oxygen atoms in total. The van der Waals surface area contributed by atoms with E-state index in [1.165, 1.54) is 30.5 Å². The molecule has 4 N–H and O–H groups in total. The number of hydrogen-bond acceptors (Lipinski definition) is 5. The van der Waals surface area contributed by atoms with Gasteiger partial charge in [0.1, 0.15) is 11.6 Å². The molecule has 0 atom stereocenters. The fourth-order valence-electron chi connectivity index (χ4n) is 2.34. The summed E-state index contributed by atoms with van der Waals surface area (Å²) >= 11 is 5.76. The van der Waals surface area contributed by atoms with Crippen LogP contribution >= 0.6 is 11.6 Å². The van der Waals surface area contributed by atoms with Gasteiger partial charge in [0.25, 0.3) is 0 Å². The summed E-state index contributed by atoms with van der Waals surface area (Å²) in [5.74, 6) is -0.484. The van der Waals surface area contributed by atoms with E-state index in [1.54, 1.807) is 24.3 Å². The van der Waals surface area contributed by atoms with Crippen LogP contribution in [0.15, 0.2) is 67.4 Å². The summed E-state index contributed by atoms with van der Waals surface area (Å²) in [6.45, 7) is 3.38. The molecule has 0 aliphatic rings. The minimum Gasteiger partial charge on any atom is -0.324 e. The number of nitrogens with zero attached hydrogens (tertiary/aromatic N) is 2. The number of aromatic nitrogens is 2. The summed E-state index contributed by atoms with van der Waals surface area (Å²) in [4.78, 5) is 31.9. The van der Waals surface area contributed by atoms with E-state index in [-0.39, 0.29) is 22.7 Å². The molecule has 0 aliphatic carbocycles. The molecule has 0 bridgehead atoms. The van der Waals surface area contributed by atoms with E-state index in [1.807, 2.05) is 0 Å². The third kappa shape index (κ3) is 5.76. The lowest BCUT2D eigenvalue weighted by Gasteiger charge is -2.10. The van der Waals surface area contributed by atoms with Crippen molar-refractivity contribution in [2.45, 2.75) is 0 Å². The molecule has 152 valence electrons. The molecule has 3 rings (SSSR count). The van der Waals surface area contributed by atoms with Crippen LogP contribution in [0.1, 0.15) is 0 Å². The van der Waals surface area contributed by atoms with Crippen LogP contribution < -0.4 is 21.3 Å². The van der Waals surface area contributed by atoms with Crippen LogP contribution in [-0.4, -0.2) is 21.9 Å². The molecule has 0 unspecified atom stereocenters. The third-order valence-corrected chi connectivity index (χ3v) is 3.94. The fraction of sp³-hybridized carbons (Fsp3) is 0. The maximum absolute atomic E-state index is 13.3. The van der Waals surface area contributed by atoms with Gasteiger partial charge < -0.3 is 16.0 Å². The Morgan fingerprint density at radius 1 is 1.00 bits per heavy atom. The standard InChI is InChI=1S/C20H16ClFN6O2/c1-2-18(29)24-12-4-3-5-13(10-12)26-20(30)28-17-8-9-23-19(27-17)25-14-6-7-16(22)15(21)11-14/h2-11H,1H2,(H,24,29)(H3,23,25,26,27,28,30). The predicted octanol–water partition coefficient (Wildman–Crippen LogP) is 4.78. The second-order valence-electron chi connectivity index (χ2n) is 5.87. The summed E-state index contributed by atoms with van der Waals surface area (Å²) < 4.78 is 13.3. The molecule has 0 saturated heterocycles. The predicted molar refractivity (Wildman–Crippen MR) is 115 cm³/mol. The zero-order chi connectivity index (χ0) is 21.5. The van der Waals surface area contributed by atoms with E-state index in [2.05, 4.69) is 37.8 Å². The van der Waals surface area contributed by atoms with Crippen LogP contribution in [0.4, 0.5) is 38.0 Å². The maximum atomic E-state index is 13.3. The molecule has 3 aromatic rings. The van der Waals surface area contributed by atoms with Gasteiger partial charge in [0.15, 0.2) is 0 Å². The smallest absolute Gasteiger partial charge is 0.324 e. The Morgan fingerprint density at radius 3 is 2.50 bits per heavy atom. The van der Waals surface area contributed by atoms with Gasteiger partial charge in [-0.25, -0.2) is 14.2 Å². The van der Waals surface area contributed by atoms with Gasteiger partial charge in [-0.1, -0.05) is 24.2 Å². The van der Waals surface area contributed by atoms with Crippen molar-refractivity contribution < 1.29 is 14.0 Å². The zero-order valence-corrected chi connectivity index (χ0v) is 16.2. The normalized spacial score (nSPS) is 10.1. The van der Waals surface area contributed by atoms with Crippen molar-refractivity contribution >= 4 is 52.4 Å². The first-order chi connectivity index (χ1) is 14.4. The zero-order valence-electron chi connectivity index (χ0n) is 15.4. The number of rotatable bonds is 6. The van der Waals surface area contributed by atoms with Gasteiger partial charge in [-0.15, -0.1) is 0 Å². The molecular weight excluding hydrogens is 411 g/mol. The van der Waals surface area contributed by atoms with Crippen molar-refractivity contribution in [3.05, 3.63) is 78.2 Å². The quantitative estimate of drug-likeness (QED) is 0.424. The Morgan fingerprint density at radius 2 is 1.77 bits per heavy atom. The monoisotopic (exact) mass is 426 g/mol. The van der Waals surface area contributed by atoms with Crippen molar-refractivity contribution in [2.24, 2.45) is 0 Å². The van der Waals surface area contributed by atoms with Crippen molar-refractivity contribution in [1.82, 2.24) is 9.97 Å². The van der Waals surface area contributed by atoms with Gasteiger partial charge in [0, 0.05) is 23.3 Å². The summed E-state index contributed by atoms with van der Waals surface area (Å²) in [5, 5.41) is 10.6. The fourth-order valence-corrected chi connectivity index (χ4v) is 2.52. The number of benzene rings is 2. The second-order valence-corrected chi connectivity index (χ2v) is 6.28. The molecule has 2 aromatic carbocycles. The van der Waals surface area contributed by atoms with Crippen molar-refractivity contribution in [3.63, 3.8) is 0 Å². The molecule has 1 aromatic heterocycles. The van der Waals surface area contributed by atoms with E-state index in [9.17, 15) is 14.0 Å². The summed E-state index contributed by atoms with van der Waals surface area (Å²) in [5.41, 5.74) is 1.45. The second kappa shape index (κ2) is 9.48. The minimum absolute atomic E-state index is 0.0415. The lowest BCUT2D eigenvalue weighted by Crippen LogP contribution is -2.20. The van der Waals surface area contributed by atoms with Gasteiger partial charge in [-0.2, -0.15) is 4.98 Å². The molecule has 0 fully saturated rings. The summed E-state index contributed by atoms with van der Waals surface area (Å²) in [6.07, 6.45) is 2.59. The summed E-state index contributed by atoms with van der Waals surface area (Å²) in [6, 6.07) is 11.6. The number of anilines is 5. The Bertz CT molecular complexity index is 1110. The third-order valence-electron chi connectivity index (χ3n) is 3.65. The number of carbonyl (C=O) groups is 2. The highest BCUT2D eigenvalue weighted by Gasteiger charge is 2.07. The Labute approximate surface area is 176 Å². The minimum atomic E-state index is -0.545. The van der Waals surface area contributed by atoms with Crippen molar-refractivity contribution in [3.8, 4) is 0 Å². The van der Waals surface area contributed by atoms with Crippen LogP contribution in [-0.2, 0) is 4.79 Å². The average Bonchev–Trinajstić information content (AvgIpc) is 2.71. The molecule has 1 heterocycles. The van der Waals surface area contributed by atoms with E-state index in [0.29, 0.717) is 17.1 Å². The van der Waals surface area contributed by atoms with Crippen LogP contribution in [0.3, 0.4) is 0 Å². The number of amides is 3. The SMILES string of the molecule is C=CC(=O)Nc1cccc(NC(=O)Nc2ccnc(Nc3ccc(F)c(Cl)c3)n2)c1. The van der Waals surface area contributed by atoms with Crippen molar-refractivity contribution in [1.29, 1.82) is 0 Å². The number of urea groups is 1. The number of nitrogens with one attached hydrogen (secondary N) is 4. The first-order valence-electron chi connectivity index (χ1n) is 8.59. The van der Waals surface area contributed by atoms with E-state index >= 15 is 0 Å². The maximum Gasteiger partial charge on any atom is 0.324 e. The lowest BCUT2D eigenvalue weighted by molar-refractivity contribution is -0.111. The van der Waals surface area contributed by atoms with Gasteiger partial charge >= 0.3 is 6.03 Å². The number of hydrogen-bond donors (Lipinski definition) is 4. The summed E-state index contributed by atoms with van der Waals surface area (Å²) in [7, 11) is 0. The van der Waals surface area contributed by atoms with Crippen LogP contribution in [0.5, 0.6) is 0 Å². The van der Waals surface area contributed by atoms with Gasteiger partial charge in [0.05, 0.1) is 5.02 Å². The molecule has 10 heteroatoms. The largest absolute Gasteiger partial charge is 0.324 e. The van der Waals surface area contributed by atoms with Crippen LogP contribution in [0.25, 0.3) is 0 Å². The first kappa shape index (κ1) is 20.7. The van der Waals surface area contributed by atoms with Crippen LogP contribution in [0.2, 0.25) is 5.02 Å². The van der Waals surface area contributed by atoms with E-state index < -0.39 is 11.8 Å². The number of carbonyl (C=O) groups excluding carboxylic acids is 2. The van der Waals surface area contributed by atoms with Gasteiger partial charge in [-0.05, 0) is 48.5 Å². The number of halogens is 2. The molecule has 30 heavy (non-hydrogen) atoms. The highest BCUT2D eigenvalue weighted by molar-refractivity contribution is 6.31. The van der Waals surface area contributed by atoms with E-state index in [4.69, 9.17) is 11.6 Å². The van der Waals surface area contributed by atoms with E-state index in [0.717, 1.165) is 6.08 Å². The topological polar surface area (TPSA) is 108 Å². The van der Waals surface area contributed by atoms with Gasteiger partial charge in [-0.3, -0.25) is 10.1 Å². The first-order valence-corrected chi connectivity index (χ1v) is 8.97. The molecule has 3 amide bonds. The van der Waals surface area contributed by atoms with Gasteiger partial charge in [0.2, 0.25) is 11.9 Å². The average molecular weight is 427 g/mol. The molecule has 0 radical (unpaired) electrons. The Kier molecular flexibility index (Phi) is 6.56. The molecule has 0 saturated carbocycles. The Hall–Kier alpha value is -3.98. The lowest BCUT2D eigenvalue weighted by atomic mass is 10.2. The molecule has 0 aliphatic heterocycles. The van der Waals surface area contributed by atoms with Crippen LogP contribution in [0, 0.1) is 5.82 Å². The highest BCUT2D eigenvalue weighted by atomic mass is 35.5.